The van der Waals surface area contributed by atoms with Crippen LogP contribution in [0.5, 0.6) is 0 Å². The third-order valence-electron chi connectivity index (χ3n) is 3.04. The molecule has 0 aliphatic carbocycles. The van der Waals surface area contributed by atoms with Gasteiger partial charge in [0, 0.05) is 0 Å². The molecule has 0 spiro atoms. The van der Waals surface area contributed by atoms with Crippen LogP contribution in [0.1, 0.15) is 0 Å². The van der Waals surface area contributed by atoms with Gasteiger partial charge in [0.25, 0.3) is 0 Å². The second-order valence-electron chi connectivity index (χ2n) is 4.34. The molecule has 0 atom stereocenters. The van der Waals surface area contributed by atoms with Gasteiger partial charge in [0.05, 0.1) is 0 Å². The summed E-state index contributed by atoms with van der Waals surface area (Å²) in [5.41, 5.74) is 0. The van der Waals surface area contributed by atoms with Crippen molar-refractivity contribution in [2.75, 3.05) is 0 Å². The molecule has 0 radical (unpaired) electrons. The van der Waals surface area contributed by atoms with Crippen LogP contribution in [0.15, 0.2) is 91.0 Å². The summed E-state index contributed by atoms with van der Waals surface area (Å²) < 4.78 is 0. The maximum absolute atomic E-state index is 2.23. The van der Waals surface area contributed by atoms with Gasteiger partial charge in [0.15, 0.2) is 0 Å². The standard InChI is InChI=1S/C18H15P.3BrH.Rh/c1-4-10-16(11-5-1)19(17-12-6-2-7-13-17)18-14-8-3-9-15-18;;;;/h1-15H;3*1H;/q;;;;+3/p-3. The molecule has 0 heterocycles. The summed E-state index contributed by atoms with van der Waals surface area (Å²) in [5, 5.41) is 4.19. The van der Waals surface area contributed by atoms with Crippen molar-refractivity contribution in [3.05, 3.63) is 91.0 Å². The predicted molar refractivity (Wildman–Crippen MR) is 85.1 cm³/mol. The number of hydrogen-bond acceptors (Lipinski definition) is 0. The first-order chi connectivity index (χ1) is 9.45. The van der Waals surface area contributed by atoms with Crippen LogP contribution in [0.25, 0.3) is 0 Å². The Morgan fingerprint density at radius 3 is 0.826 bits per heavy atom. The normalized spacial score (nSPS) is 8.74. The van der Waals surface area contributed by atoms with Crippen LogP contribution in [0, 0.1) is 0 Å². The second-order valence-corrected chi connectivity index (χ2v) is 6.56. The Labute approximate surface area is 183 Å². The van der Waals surface area contributed by atoms with Gasteiger partial charge in [-0.1, -0.05) is 91.0 Å². The van der Waals surface area contributed by atoms with E-state index >= 15 is 0 Å². The molecule has 122 valence electrons. The van der Waals surface area contributed by atoms with Crippen molar-refractivity contribution < 1.29 is 70.4 Å². The molecule has 0 N–H and O–H groups in total. The monoisotopic (exact) mass is 602 g/mol. The maximum atomic E-state index is 2.23. The Morgan fingerprint density at radius 1 is 0.391 bits per heavy atom. The van der Waals surface area contributed by atoms with E-state index in [1.807, 2.05) is 0 Å². The minimum absolute atomic E-state index is 0. The fraction of sp³-hybridized carbons (Fsp3) is 0. The van der Waals surface area contributed by atoms with Crippen LogP contribution in [0.4, 0.5) is 0 Å². The van der Waals surface area contributed by atoms with Gasteiger partial charge in [-0.3, -0.25) is 0 Å². The SMILES string of the molecule is [Br-].[Br-].[Br-].[Rh+3].c1ccc(P(c2ccccc2)c2ccccc2)cc1. The van der Waals surface area contributed by atoms with Crippen molar-refractivity contribution in [2.45, 2.75) is 0 Å². The predicted octanol–water partition coefficient (Wildman–Crippen LogP) is -5.55. The van der Waals surface area contributed by atoms with Gasteiger partial charge in [-0.25, -0.2) is 0 Å². The molecule has 0 saturated carbocycles. The molecular weight excluding hydrogens is 590 g/mol. The van der Waals surface area contributed by atoms with E-state index in [1.54, 1.807) is 0 Å². The second kappa shape index (κ2) is 13.4. The fourth-order valence-corrected chi connectivity index (χ4v) is 4.48. The minimum Gasteiger partial charge on any atom is -1.00 e. The summed E-state index contributed by atoms with van der Waals surface area (Å²) in [5.74, 6) is 0. The zero-order chi connectivity index (χ0) is 12.9. The molecule has 0 amide bonds. The summed E-state index contributed by atoms with van der Waals surface area (Å²) >= 11 is 0. The van der Waals surface area contributed by atoms with Gasteiger partial charge in [-0.15, -0.1) is 0 Å². The van der Waals surface area contributed by atoms with Crippen LogP contribution >= 0.6 is 7.92 Å². The van der Waals surface area contributed by atoms with E-state index in [2.05, 4.69) is 91.0 Å². The summed E-state index contributed by atoms with van der Waals surface area (Å²) in [4.78, 5) is 0. The topological polar surface area (TPSA) is 0 Å². The van der Waals surface area contributed by atoms with Gasteiger partial charge < -0.3 is 50.9 Å². The third-order valence-corrected chi connectivity index (χ3v) is 5.49. The van der Waals surface area contributed by atoms with Gasteiger partial charge in [0.2, 0.25) is 0 Å². The van der Waals surface area contributed by atoms with E-state index in [0.29, 0.717) is 0 Å². The number of halogens is 3. The van der Waals surface area contributed by atoms with E-state index < -0.39 is 7.92 Å². The molecule has 0 bridgehead atoms. The Hall–Kier alpha value is 0.153. The van der Waals surface area contributed by atoms with Gasteiger partial charge in [0.1, 0.15) is 0 Å². The van der Waals surface area contributed by atoms with Gasteiger partial charge in [-0.2, -0.15) is 0 Å². The van der Waals surface area contributed by atoms with E-state index in [9.17, 15) is 0 Å². The van der Waals surface area contributed by atoms with Crippen molar-refractivity contribution in [3.8, 4) is 0 Å². The van der Waals surface area contributed by atoms with Crippen LogP contribution in [-0.4, -0.2) is 0 Å². The van der Waals surface area contributed by atoms with E-state index in [0.717, 1.165) is 0 Å². The van der Waals surface area contributed by atoms with Gasteiger partial charge >= 0.3 is 19.5 Å². The first kappa shape index (κ1) is 25.4. The molecule has 23 heavy (non-hydrogen) atoms. The largest absolute Gasteiger partial charge is 3.00 e. The Balaban J connectivity index is 0. The minimum atomic E-state index is -0.446. The zero-order valence-electron chi connectivity index (χ0n) is 12.1. The third kappa shape index (κ3) is 6.88. The molecule has 0 unspecified atom stereocenters. The molecule has 3 aromatic carbocycles. The van der Waals surface area contributed by atoms with Crippen LogP contribution in [-0.2, 0) is 19.5 Å². The molecule has 0 saturated heterocycles. The van der Waals surface area contributed by atoms with Crippen molar-refractivity contribution in [1.82, 2.24) is 0 Å². The average molecular weight is 605 g/mol. The smallest absolute Gasteiger partial charge is 1.00 e. The fourth-order valence-electron chi connectivity index (χ4n) is 2.18. The summed E-state index contributed by atoms with van der Waals surface area (Å²) in [6.45, 7) is 0. The van der Waals surface area contributed by atoms with Crippen molar-refractivity contribution in [1.29, 1.82) is 0 Å². The molecule has 5 heteroatoms. The molecule has 3 rings (SSSR count). The molecule has 0 aliphatic rings. The molecule has 3 aromatic rings. The quantitative estimate of drug-likeness (QED) is 0.207. The molecule has 0 nitrogen and oxygen atoms in total. The zero-order valence-corrected chi connectivity index (χ0v) is 19.4. The Morgan fingerprint density at radius 2 is 0.609 bits per heavy atom. The van der Waals surface area contributed by atoms with E-state index in [1.165, 1.54) is 15.9 Å². The average Bonchev–Trinajstić information content (AvgIpc) is 2.51. The molecule has 0 fully saturated rings. The van der Waals surface area contributed by atoms with Crippen LogP contribution in [0.2, 0.25) is 0 Å². The summed E-state index contributed by atoms with van der Waals surface area (Å²) in [7, 11) is -0.446. The van der Waals surface area contributed by atoms with Crippen LogP contribution < -0.4 is 66.9 Å². The van der Waals surface area contributed by atoms with Crippen LogP contribution in [0.3, 0.4) is 0 Å². The Kier molecular flexibility index (Phi) is 14.8. The summed E-state index contributed by atoms with van der Waals surface area (Å²) in [6.07, 6.45) is 0. The van der Waals surface area contributed by atoms with Gasteiger partial charge in [-0.05, 0) is 23.8 Å². The Bertz CT molecular complexity index is 542. The molecular formula is C18H15Br3PRh. The van der Waals surface area contributed by atoms with Crippen molar-refractivity contribution >= 4 is 23.8 Å². The summed E-state index contributed by atoms with van der Waals surface area (Å²) in [6, 6.07) is 32.3. The first-order valence-corrected chi connectivity index (χ1v) is 7.74. The first-order valence-electron chi connectivity index (χ1n) is 6.40. The maximum Gasteiger partial charge on any atom is 3.00 e. The van der Waals surface area contributed by atoms with Crippen molar-refractivity contribution in [3.63, 3.8) is 0 Å². The van der Waals surface area contributed by atoms with Crippen molar-refractivity contribution in [2.24, 2.45) is 0 Å². The number of rotatable bonds is 3. The number of benzene rings is 3. The van der Waals surface area contributed by atoms with E-state index in [4.69, 9.17) is 0 Å². The molecule has 0 aromatic heterocycles. The van der Waals surface area contributed by atoms with E-state index in [-0.39, 0.29) is 70.4 Å². The molecule has 0 aliphatic heterocycles. The number of hydrogen-bond donors (Lipinski definition) is 0.